The van der Waals surface area contributed by atoms with E-state index in [-0.39, 0.29) is 5.91 Å². The maximum absolute atomic E-state index is 12.4. The largest absolute Gasteiger partial charge is 0.497 e. The fraction of sp³-hybridized carbons (Fsp3) is 0.190. The molecule has 156 valence electrons. The van der Waals surface area contributed by atoms with Crippen LogP contribution in [0.1, 0.15) is 19.4 Å². The number of nitrogens with zero attached hydrogens (tertiary/aromatic N) is 1. The van der Waals surface area contributed by atoms with Crippen molar-refractivity contribution in [2.75, 3.05) is 13.7 Å². The first-order valence-electron chi connectivity index (χ1n) is 8.98. The van der Waals surface area contributed by atoms with E-state index in [4.69, 9.17) is 14.2 Å². The van der Waals surface area contributed by atoms with Crippen LogP contribution in [0, 0.1) is 3.57 Å². The quantitative estimate of drug-likeness (QED) is 0.252. The number of thioether (sulfide) groups is 1. The Bertz CT molecular complexity index is 1030. The first kappa shape index (κ1) is 22.2. The number of benzene rings is 2. The van der Waals surface area contributed by atoms with Gasteiger partial charge in [-0.25, -0.2) is 4.99 Å². The lowest BCUT2D eigenvalue weighted by atomic mass is 10.2. The summed E-state index contributed by atoms with van der Waals surface area (Å²) in [6.07, 6.45) is 1.75. The summed E-state index contributed by atoms with van der Waals surface area (Å²) >= 11 is 3.32. The molecule has 0 unspecified atom stereocenters. The number of hydrogen-bond acceptors (Lipinski definition) is 7. The molecular formula is C21H19IN2O5S. The highest BCUT2D eigenvalue weighted by molar-refractivity contribution is 14.1. The van der Waals surface area contributed by atoms with Crippen molar-refractivity contribution in [1.82, 2.24) is 5.32 Å². The van der Waals surface area contributed by atoms with E-state index >= 15 is 0 Å². The average molecular weight is 538 g/mol. The Hall–Kier alpha value is -2.53. The van der Waals surface area contributed by atoms with E-state index in [1.54, 1.807) is 31.4 Å². The third-order valence-corrected chi connectivity index (χ3v) is 5.54. The molecule has 0 bridgehead atoms. The SMILES string of the molecule is CCOc1cc(/C=C2\SC(=Nc3ccc(OC)cc3)NC2=O)cc(I)c1OC(C)=O. The summed E-state index contributed by atoms with van der Waals surface area (Å²) in [6, 6.07) is 10.8. The summed E-state index contributed by atoms with van der Waals surface area (Å²) in [7, 11) is 1.60. The van der Waals surface area contributed by atoms with E-state index in [0.717, 1.165) is 11.3 Å². The predicted molar refractivity (Wildman–Crippen MR) is 125 cm³/mol. The molecule has 1 saturated heterocycles. The molecule has 1 heterocycles. The van der Waals surface area contributed by atoms with Gasteiger partial charge < -0.3 is 19.5 Å². The van der Waals surface area contributed by atoms with Crippen LogP contribution in [0.5, 0.6) is 17.2 Å². The van der Waals surface area contributed by atoms with Gasteiger partial charge in [-0.1, -0.05) is 0 Å². The predicted octanol–water partition coefficient (Wildman–Crippen LogP) is 4.52. The molecule has 1 amide bonds. The lowest BCUT2D eigenvalue weighted by Gasteiger charge is -2.12. The van der Waals surface area contributed by atoms with Crippen molar-refractivity contribution in [1.29, 1.82) is 0 Å². The van der Waals surface area contributed by atoms with Gasteiger partial charge in [0.25, 0.3) is 5.91 Å². The van der Waals surface area contributed by atoms with Gasteiger partial charge >= 0.3 is 5.97 Å². The Morgan fingerprint density at radius 1 is 1.27 bits per heavy atom. The van der Waals surface area contributed by atoms with Gasteiger partial charge in [-0.15, -0.1) is 0 Å². The van der Waals surface area contributed by atoms with E-state index < -0.39 is 5.97 Å². The number of nitrogens with one attached hydrogen (secondary N) is 1. The number of ether oxygens (including phenoxy) is 3. The molecule has 3 rings (SSSR count). The first-order chi connectivity index (χ1) is 14.4. The number of amidine groups is 1. The van der Waals surface area contributed by atoms with Gasteiger partial charge in [0.1, 0.15) is 5.75 Å². The topological polar surface area (TPSA) is 86.2 Å². The lowest BCUT2D eigenvalue weighted by Crippen LogP contribution is -2.19. The van der Waals surface area contributed by atoms with Crippen LogP contribution in [0.2, 0.25) is 0 Å². The number of rotatable bonds is 6. The Morgan fingerprint density at radius 2 is 2.00 bits per heavy atom. The fourth-order valence-corrected chi connectivity index (χ4v) is 4.16. The number of amides is 1. The second-order valence-electron chi connectivity index (χ2n) is 6.04. The summed E-state index contributed by atoms with van der Waals surface area (Å²) in [5.74, 6) is 0.897. The maximum Gasteiger partial charge on any atom is 0.308 e. The summed E-state index contributed by atoms with van der Waals surface area (Å²) in [5.41, 5.74) is 1.46. The van der Waals surface area contributed by atoms with Crippen molar-refractivity contribution in [2.24, 2.45) is 4.99 Å². The van der Waals surface area contributed by atoms with Crippen LogP contribution >= 0.6 is 34.4 Å². The Balaban J connectivity index is 1.86. The van der Waals surface area contributed by atoms with Crippen LogP contribution in [0.3, 0.4) is 0 Å². The van der Waals surface area contributed by atoms with Crippen molar-refractivity contribution >= 4 is 63.2 Å². The molecule has 30 heavy (non-hydrogen) atoms. The lowest BCUT2D eigenvalue weighted by molar-refractivity contribution is -0.132. The molecule has 0 radical (unpaired) electrons. The molecule has 1 aliphatic rings. The van der Waals surface area contributed by atoms with Crippen LogP contribution < -0.4 is 19.5 Å². The Kier molecular flexibility index (Phi) is 7.38. The monoisotopic (exact) mass is 538 g/mol. The number of aliphatic imine (C=N–C) groups is 1. The third-order valence-electron chi connectivity index (χ3n) is 3.83. The third kappa shape index (κ3) is 5.54. The van der Waals surface area contributed by atoms with E-state index in [2.05, 4.69) is 32.9 Å². The zero-order chi connectivity index (χ0) is 21.7. The van der Waals surface area contributed by atoms with Gasteiger partial charge in [-0.2, -0.15) is 0 Å². The zero-order valence-corrected chi connectivity index (χ0v) is 19.5. The van der Waals surface area contributed by atoms with Gasteiger partial charge in [0.2, 0.25) is 0 Å². The van der Waals surface area contributed by atoms with Crippen LogP contribution in [-0.2, 0) is 9.59 Å². The summed E-state index contributed by atoms with van der Waals surface area (Å²) < 4.78 is 16.7. The smallest absolute Gasteiger partial charge is 0.308 e. The van der Waals surface area contributed by atoms with Crippen LogP contribution in [0.25, 0.3) is 6.08 Å². The second-order valence-corrected chi connectivity index (χ2v) is 8.23. The molecule has 0 atom stereocenters. The van der Waals surface area contributed by atoms with E-state index in [9.17, 15) is 9.59 Å². The van der Waals surface area contributed by atoms with E-state index in [1.165, 1.54) is 18.7 Å². The van der Waals surface area contributed by atoms with Gasteiger partial charge in [0.05, 0.1) is 27.9 Å². The second kappa shape index (κ2) is 9.98. The van der Waals surface area contributed by atoms with Gasteiger partial charge in [0, 0.05) is 6.92 Å². The number of halogens is 1. The van der Waals surface area contributed by atoms with Crippen LogP contribution in [0.4, 0.5) is 5.69 Å². The number of hydrogen-bond donors (Lipinski definition) is 1. The molecule has 7 nitrogen and oxygen atoms in total. The average Bonchev–Trinajstić information content (AvgIpc) is 3.04. The highest BCUT2D eigenvalue weighted by Gasteiger charge is 2.24. The first-order valence-corrected chi connectivity index (χ1v) is 10.9. The maximum atomic E-state index is 12.4. The van der Waals surface area contributed by atoms with Gasteiger partial charge in [-0.05, 0) is 89.3 Å². The molecule has 9 heteroatoms. The van der Waals surface area contributed by atoms with E-state index in [1.807, 2.05) is 25.1 Å². The summed E-state index contributed by atoms with van der Waals surface area (Å²) in [5, 5.41) is 3.26. The minimum absolute atomic E-state index is 0.232. The van der Waals surface area contributed by atoms with Gasteiger partial charge in [-0.3, -0.25) is 9.59 Å². The minimum atomic E-state index is -0.426. The Labute approximate surface area is 192 Å². The molecule has 1 fully saturated rings. The molecule has 2 aromatic carbocycles. The zero-order valence-electron chi connectivity index (χ0n) is 16.5. The van der Waals surface area contributed by atoms with Crippen molar-refractivity contribution in [3.8, 4) is 17.2 Å². The highest BCUT2D eigenvalue weighted by Crippen LogP contribution is 2.36. The highest BCUT2D eigenvalue weighted by atomic mass is 127. The van der Waals surface area contributed by atoms with Crippen LogP contribution in [0.15, 0.2) is 46.3 Å². The number of carbonyl (C=O) groups excluding carboxylic acids is 2. The normalized spacial score (nSPS) is 15.9. The minimum Gasteiger partial charge on any atom is -0.497 e. The molecule has 1 aliphatic heterocycles. The molecule has 2 aromatic rings. The van der Waals surface area contributed by atoms with E-state index in [0.29, 0.717) is 37.4 Å². The van der Waals surface area contributed by atoms with Crippen LogP contribution in [-0.4, -0.2) is 30.8 Å². The fourth-order valence-electron chi connectivity index (χ4n) is 2.58. The molecule has 0 aliphatic carbocycles. The number of methoxy groups -OCH3 is 1. The van der Waals surface area contributed by atoms with Crippen molar-refractivity contribution in [3.63, 3.8) is 0 Å². The number of esters is 1. The molecule has 1 N–H and O–H groups in total. The standard InChI is InChI=1S/C21H19IN2O5S/c1-4-28-17-10-13(9-16(22)19(17)29-12(2)25)11-18-20(26)24-21(30-18)23-14-5-7-15(27-3)8-6-14/h5-11H,4H2,1-3H3,(H,23,24,26)/b18-11-. The van der Waals surface area contributed by atoms with Gasteiger partial charge in [0.15, 0.2) is 16.7 Å². The molecular weight excluding hydrogens is 519 g/mol. The molecule has 0 spiro atoms. The molecule has 0 aromatic heterocycles. The summed E-state index contributed by atoms with van der Waals surface area (Å²) in [4.78, 5) is 28.7. The van der Waals surface area contributed by atoms with Crippen molar-refractivity contribution in [3.05, 3.63) is 50.4 Å². The summed E-state index contributed by atoms with van der Waals surface area (Å²) in [6.45, 7) is 3.60. The van der Waals surface area contributed by atoms with Crippen molar-refractivity contribution < 1.29 is 23.8 Å². The van der Waals surface area contributed by atoms with Crippen molar-refractivity contribution in [2.45, 2.75) is 13.8 Å². The number of carbonyl (C=O) groups is 2. The Morgan fingerprint density at radius 3 is 2.63 bits per heavy atom. The molecule has 0 saturated carbocycles.